The van der Waals surface area contributed by atoms with Crippen LogP contribution in [0.1, 0.15) is 5.56 Å². The van der Waals surface area contributed by atoms with E-state index in [1.54, 1.807) is 18.2 Å². The van der Waals surface area contributed by atoms with Crippen molar-refractivity contribution in [3.63, 3.8) is 0 Å². The van der Waals surface area contributed by atoms with E-state index in [0.717, 1.165) is 4.47 Å². The SMILES string of the molecule is N#Cc1cc(Br)ccc1NC(=O)CS. The largest absolute Gasteiger partial charge is 0.324 e. The van der Waals surface area contributed by atoms with Gasteiger partial charge >= 0.3 is 0 Å². The number of carbonyl (C=O) groups excluding carboxylic acids is 1. The molecule has 1 aromatic carbocycles. The highest BCUT2D eigenvalue weighted by Gasteiger charge is 2.05. The highest BCUT2D eigenvalue weighted by Crippen LogP contribution is 2.20. The molecule has 0 spiro atoms. The van der Waals surface area contributed by atoms with Crippen molar-refractivity contribution in [2.24, 2.45) is 0 Å². The Morgan fingerprint density at radius 3 is 2.93 bits per heavy atom. The number of halogens is 1. The number of anilines is 1. The van der Waals surface area contributed by atoms with Gasteiger partial charge in [0.25, 0.3) is 0 Å². The number of hydrogen-bond donors (Lipinski definition) is 2. The first-order valence-electron chi connectivity index (χ1n) is 3.77. The summed E-state index contributed by atoms with van der Waals surface area (Å²) in [7, 11) is 0. The number of nitrogens with one attached hydrogen (secondary N) is 1. The summed E-state index contributed by atoms with van der Waals surface area (Å²) in [6, 6.07) is 7.07. The summed E-state index contributed by atoms with van der Waals surface area (Å²) in [6.07, 6.45) is 0. The van der Waals surface area contributed by atoms with E-state index in [1.807, 2.05) is 6.07 Å². The molecule has 72 valence electrons. The standard InChI is InChI=1S/C9H7BrN2OS/c10-7-1-2-8(6(3-7)4-11)12-9(13)5-14/h1-3,14H,5H2,(H,12,13). The van der Waals surface area contributed by atoms with E-state index in [1.165, 1.54) is 0 Å². The van der Waals surface area contributed by atoms with Crippen LogP contribution in [0, 0.1) is 11.3 Å². The maximum atomic E-state index is 11.0. The predicted molar refractivity (Wildman–Crippen MR) is 61.3 cm³/mol. The Morgan fingerprint density at radius 1 is 1.64 bits per heavy atom. The minimum atomic E-state index is -0.229. The van der Waals surface area contributed by atoms with Crippen molar-refractivity contribution in [2.45, 2.75) is 0 Å². The van der Waals surface area contributed by atoms with Gasteiger partial charge in [-0.2, -0.15) is 17.9 Å². The molecule has 0 fully saturated rings. The Kier molecular flexibility index (Phi) is 3.98. The van der Waals surface area contributed by atoms with Crippen LogP contribution in [-0.2, 0) is 4.79 Å². The number of amides is 1. The molecule has 0 unspecified atom stereocenters. The molecule has 1 rings (SSSR count). The van der Waals surface area contributed by atoms with E-state index in [-0.39, 0.29) is 11.7 Å². The average molecular weight is 271 g/mol. The van der Waals surface area contributed by atoms with Crippen LogP contribution in [0.5, 0.6) is 0 Å². The molecule has 0 saturated heterocycles. The minimum Gasteiger partial charge on any atom is -0.324 e. The maximum absolute atomic E-state index is 11.0. The third-order valence-corrected chi connectivity index (χ3v) is 2.30. The first-order valence-corrected chi connectivity index (χ1v) is 5.20. The van der Waals surface area contributed by atoms with Gasteiger partial charge in [0, 0.05) is 4.47 Å². The van der Waals surface area contributed by atoms with Gasteiger partial charge in [-0.25, -0.2) is 0 Å². The second kappa shape index (κ2) is 5.03. The molecule has 3 nitrogen and oxygen atoms in total. The number of hydrogen-bond acceptors (Lipinski definition) is 3. The Bertz CT molecular complexity index is 400. The molecule has 0 aromatic heterocycles. The molecule has 0 aliphatic rings. The molecule has 14 heavy (non-hydrogen) atoms. The summed E-state index contributed by atoms with van der Waals surface area (Å²) in [5.74, 6) is -0.131. The zero-order valence-corrected chi connectivity index (χ0v) is 9.60. The van der Waals surface area contributed by atoms with Crippen molar-refractivity contribution in [1.29, 1.82) is 5.26 Å². The number of nitriles is 1. The quantitative estimate of drug-likeness (QED) is 0.810. The zero-order chi connectivity index (χ0) is 10.6. The van der Waals surface area contributed by atoms with Crippen LogP contribution in [0.3, 0.4) is 0 Å². The van der Waals surface area contributed by atoms with Crippen LogP contribution in [0.25, 0.3) is 0 Å². The summed E-state index contributed by atoms with van der Waals surface area (Å²) in [6.45, 7) is 0. The second-order valence-electron chi connectivity index (χ2n) is 2.51. The van der Waals surface area contributed by atoms with Crippen LogP contribution in [0.4, 0.5) is 5.69 Å². The fourth-order valence-corrected chi connectivity index (χ4v) is 1.35. The van der Waals surface area contributed by atoms with Crippen LogP contribution in [0.2, 0.25) is 0 Å². The zero-order valence-electron chi connectivity index (χ0n) is 7.12. The van der Waals surface area contributed by atoms with Gasteiger partial charge in [-0.05, 0) is 18.2 Å². The van der Waals surface area contributed by atoms with E-state index in [2.05, 4.69) is 33.9 Å². The molecule has 0 bridgehead atoms. The number of rotatable bonds is 2. The predicted octanol–water partition coefficient (Wildman–Crippen LogP) is 2.19. The molecule has 0 aliphatic carbocycles. The topological polar surface area (TPSA) is 52.9 Å². The fourth-order valence-electron chi connectivity index (χ4n) is 0.908. The van der Waals surface area contributed by atoms with Crippen molar-refractivity contribution in [3.05, 3.63) is 28.2 Å². The van der Waals surface area contributed by atoms with Crippen molar-refractivity contribution >= 4 is 40.2 Å². The smallest absolute Gasteiger partial charge is 0.234 e. The summed E-state index contributed by atoms with van der Waals surface area (Å²) in [5, 5.41) is 11.4. The van der Waals surface area contributed by atoms with Gasteiger partial charge in [0.15, 0.2) is 0 Å². The molecular formula is C9H7BrN2OS. The highest BCUT2D eigenvalue weighted by molar-refractivity contribution is 9.10. The van der Waals surface area contributed by atoms with Crippen LogP contribution >= 0.6 is 28.6 Å². The van der Waals surface area contributed by atoms with Gasteiger partial charge < -0.3 is 5.32 Å². The van der Waals surface area contributed by atoms with Gasteiger partial charge in [-0.1, -0.05) is 15.9 Å². The average Bonchev–Trinajstić information content (AvgIpc) is 2.20. The Morgan fingerprint density at radius 2 is 2.36 bits per heavy atom. The summed E-state index contributed by atoms with van der Waals surface area (Å²) < 4.78 is 0.804. The highest BCUT2D eigenvalue weighted by atomic mass is 79.9. The maximum Gasteiger partial charge on any atom is 0.234 e. The third kappa shape index (κ3) is 2.76. The molecule has 0 heterocycles. The van der Waals surface area contributed by atoms with E-state index < -0.39 is 0 Å². The van der Waals surface area contributed by atoms with E-state index in [0.29, 0.717) is 11.3 Å². The summed E-state index contributed by atoms with van der Waals surface area (Å²) >= 11 is 7.07. The molecule has 0 saturated carbocycles. The van der Waals surface area contributed by atoms with Gasteiger partial charge in [-0.15, -0.1) is 0 Å². The van der Waals surface area contributed by atoms with Crippen LogP contribution in [-0.4, -0.2) is 11.7 Å². The lowest BCUT2D eigenvalue weighted by Gasteiger charge is -2.05. The monoisotopic (exact) mass is 270 g/mol. The lowest BCUT2D eigenvalue weighted by Crippen LogP contribution is -2.13. The molecule has 0 atom stereocenters. The molecule has 1 aromatic rings. The second-order valence-corrected chi connectivity index (χ2v) is 3.74. The lowest BCUT2D eigenvalue weighted by atomic mass is 10.2. The fraction of sp³-hybridized carbons (Fsp3) is 0.111. The van der Waals surface area contributed by atoms with Crippen molar-refractivity contribution in [1.82, 2.24) is 0 Å². The summed E-state index contributed by atoms with van der Waals surface area (Å²) in [4.78, 5) is 11.0. The normalized spacial score (nSPS) is 9.21. The van der Waals surface area contributed by atoms with Crippen LogP contribution < -0.4 is 5.32 Å². The van der Waals surface area contributed by atoms with E-state index in [4.69, 9.17) is 5.26 Å². The Balaban J connectivity index is 2.98. The molecule has 1 N–H and O–H groups in total. The number of benzene rings is 1. The van der Waals surface area contributed by atoms with Gasteiger partial charge in [0.05, 0.1) is 17.0 Å². The van der Waals surface area contributed by atoms with Crippen molar-refractivity contribution in [3.8, 4) is 6.07 Å². The van der Waals surface area contributed by atoms with Crippen LogP contribution in [0.15, 0.2) is 22.7 Å². The lowest BCUT2D eigenvalue weighted by molar-refractivity contribution is -0.113. The molecule has 5 heteroatoms. The summed E-state index contributed by atoms with van der Waals surface area (Å²) in [5.41, 5.74) is 0.934. The number of carbonyl (C=O) groups is 1. The van der Waals surface area contributed by atoms with Gasteiger partial charge in [0.1, 0.15) is 6.07 Å². The number of thiol groups is 1. The molecule has 1 amide bonds. The van der Waals surface area contributed by atoms with Gasteiger partial charge in [-0.3, -0.25) is 4.79 Å². The van der Waals surface area contributed by atoms with E-state index >= 15 is 0 Å². The Hall–Kier alpha value is -0.990. The molecule has 0 aliphatic heterocycles. The van der Waals surface area contributed by atoms with Gasteiger partial charge in [0.2, 0.25) is 5.91 Å². The van der Waals surface area contributed by atoms with Crippen molar-refractivity contribution < 1.29 is 4.79 Å². The molecular weight excluding hydrogens is 264 g/mol. The first kappa shape index (κ1) is 11.1. The first-order chi connectivity index (χ1) is 6.67. The van der Waals surface area contributed by atoms with Crippen molar-refractivity contribution in [2.75, 3.05) is 11.1 Å². The minimum absolute atomic E-state index is 0.0981. The number of nitrogens with zero attached hydrogens (tertiary/aromatic N) is 1. The Labute approximate surface area is 95.7 Å². The molecule has 0 radical (unpaired) electrons. The van der Waals surface area contributed by atoms with E-state index in [9.17, 15) is 4.79 Å². The third-order valence-electron chi connectivity index (χ3n) is 1.52.